The van der Waals surface area contributed by atoms with E-state index in [2.05, 4.69) is 4.99 Å². The van der Waals surface area contributed by atoms with Gasteiger partial charge in [-0.25, -0.2) is 0 Å². The third-order valence-electron chi connectivity index (χ3n) is 1.68. The SMILES string of the molecule is CC1=C([N+](=O)[O-])CC(C)C=N1. The normalized spacial score (nSPS) is 24.0. The molecule has 0 aromatic rings. The zero-order chi connectivity index (χ0) is 8.43. The number of aliphatic imine (C=N–C) groups is 1. The lowest BCUT2D eigenvalue weighted by molar-refractivity contribution is -0.430. The van der Waals surface area contributed by atoms with Gasteiger partial charge in [0.25, 0.3) is 5.70 Å². The van der Waals surface area contributed by atoms with Crippen molar-refractivity contribution in [2.45, 2.75) is 20.3 Å². The number of rotatable bonds is 1. The van der Waals surface area contributed by atoms with Gasteiger partial charge in [0, 0.05) is 18.6 Å². The minimum Gasteiger partial charge on any atom is -0.259 e. The van der Waals surface area contributed by atoms with E-state index in [1.54, 1.807) is 13.1 Å². The molecule has 4 heteroatoms. The Balaban J connectivity index is 2.90. The van der Waals surface area contributed by atoms with E-state index in [4.69, 9.17) is 0 Å². The molecule has 0 radical (unpaired) electrons. The summed E-state index contributed by atoms with van der Waals surface area (Å²) in [5.41, 5.74) is 0.785. The van der Waals surface area contributed by atoms with Gasteiger partial charge in [0.1, 0.15) is 5.70 Å². The molecule has 0 amide bonds. The zero-order valence-corrected chi connectivity index (χ0v) is 6.57. The highest BCUT2D eigenvalue weighted by Crippen LogP contribution is 2.19. The lowest BCUT2D eigenvalue weighted by atomic mass is 10.0. The number of nitro groups is 1. The fourth-order valence-electron chi connectivity index (χ4n) is 1.03. The Morgan fingerprint density at radius 2 is 2.45 bits per heavy atom. The first-order valence-electron chi connectivity index (χ1n) is 3.49. The van der Waals surface area contributed by atoms with Crippen molar-refractivity contribution in [3.05, 3.63) is 21.5 Å². The van der Waals surface area contributed by atoms with E-state index in [0.29, 0.717) is 12.1 Å². The van der Waals surface area contributed by atoms with Gasteiger partial charge in [0.15, 0.2) is 0 Å². The molecule has 1 aliphatic heterocycles. The average Bonchev–Trinajstić information content (AvgIpc) is 1.94. The molecule has 0 N–H and O–H groups in total. The average molecular weight is 154 g/mol. The van der Waals surface area contributed by atoms with E-state index >= 15 is 0 Å². The van der Waals surface area contributed by atoms with Crippen LogP contribution in [0.4, 0.5) is 0 Å². The van der Waals surface area contributed by atoms with Gasteiger partial charge in [-0.3, -0.25) is 15.1 Å². The number of hydrogen-bond donors (Lipinski definition) is 0. The minimum atomic E-state index is -0.345. The van der Waals surface area contributed by atoms with Crippen LogP contribution in [0.25, 0.3) is 0 Å². The molecule has 0 bridgehead atoms. The van der Waals surface area contributed by atoms with E-state index in [-0.39, 0.29) is 16.5 Å². The van der Waals surface area contributed by atoms with Crippen molar-refractivity contribution in [1.82, 2.24) is 0 Å². The molecule has 1 aliphatic rings. The predicted octanol–water partition coefficient (Wildman–Crippen LogP) is 1.61. The second-order valence-electron chi connectivity index (χ2n) is 2.75. The molecule has 4 nitrogen and oxygen atoms in total. The predicted molar refractivity (Wildman–Crippen MR) is 42.0 cm³/mol. The molecule has 0 aromatic carbocycles. The Labute approximate surface area is 64.8 Å². The fraction of sp³-hybridized carbons (Fsp3) is 0.571. The van der Waals surface area contributed by atoms with Crippen molar-refractivity contribution >= 4 is 6.21 Å². The lowest BCUT2D eigenvalue weighted by Gasteiger charge is -2.09. The van der Waals surface area contributed by atoms with E-state index in [9.17, 15) is 10.1 Å². The largest absolute Gasteiger partial charge is 0.267 e. The highest BCUT2D eigenvalue weighted by Gasteiger charge is 2.21. The van der Waals surface area contributed by atoms with Crippen LogP contribution < -0.4 is 0 Å². The first-order chi connectivity index (χ1) is 5.11. The van der Waals surface area contributed by atoms with Gasteiger partial charge in [0.05, 0.1) is 4.92 Å². The molecule has 0 spiro atoms. The Morgan fingerprint density at radius 1 is 1.82 bits per heavy atom. The topological polar surface area (TPSA) is 55.5 Å². The Kier molecular flexibility index (Phi) is 2.03. The molecule has 0 aromatic heterocycles. The standard InChI is InChI=1S/C7H10N2O2/c1-5-3-7(9(10)11)6(2)8-4-5/h4-5H,3H2,1-2H3. The summed E-state index contributed by atoms with van der Waals surface area (Å²) in [5, 5.41) is 10.4. The van der Waals surface area contributed by atoms with Crippen LogP contribution in [0.1, 0.15) is 20.3 Å². The zero-order valence-electron chi connectivity index (χ0n) is 6.57. The molecular formula is C7H10N2O2. The van der Waals surface area contributed by atoms with Gasteiger partial charge >= 0.3 is 0 Å². The van der Waals surface area contributed by atoms with E-state index in [1.807, 2.05) is 6.92 Å². The van der Waals surface area contributed by atoms with Crippen LogP contribution in [0, 0.1) is 16.0 Å². The van der Waals surface area contributed by atoms with Crippen LogP contribution in [0.2, 0.25) is 0 Å². The fourth-order valence-corrected chi connectivity index (χ4v) is 1.03. The number of nitrogens with zero attached hydrogens (tertiary/aromatic N) is 2. The highest BCUT2D eigenvalue weighted by atomic mass is 16.6. The van der Waals surface area contributed by atoms with Crippen LogP contribution in [-0.2, 0) is 0 Å². The van der Waals surface area contributed by atoms with E-state index < -0.39 is 0 Å². The molecule has 1 rings (SSSR count). The first-order valence-corrected chi connectivity index (χ1v) is 3.49. The minimum absolute atomic E-state index is 0.194. The quantitative estimate of drug-likeness (QED) is 0.425. The van der Waals surface area contributed by atoms with Crippen molar-refractivity contribution < 1.29 is 4.92 Å². The third kappa shape index (κ3) is 1.63. The summed E-state index contributed by atoms with van der Waals surface area (Å²) in [7, 11) is 0. The second-order valence-corrected chi connectivity index (χ2v) is 2.75. The van der Waals surface area contributed by atoms with Crippen LogP contribution in [0.5, 0.6) is 0 Å². The van der Waals surface area contributed by atoms with Crippen molar-refractivity contribution in [2.24, 2.45) is 10.9 Å². The van der Waals surface area contributed by atoms with Crippen LogP contribution in [0.15, 0.2) is 16.4 Å². The molecular weight excluding hydrogens is 144 g/mol. The summed E-state index contributed by atoms with van der Waals surface area (Å²) in [6.45, 7) is 3.58. The molecule has 60 valence electrons. The summed E-state index contributed by atoms with van der Waals surface area (Å²) >= 11 is 0. The summed E-state index contributed by atoms with van der Waals surface area (Å²) < 4.78 is 0. The summed E-state index contributed by atoms with van der Waals surface area (Å²) in [4.78, 5) is 14.0. The highest BCUT2D eigenvalue weighted by molar-refractivity contribution is 5.63. The van der Waals surface area contributed by atoms with Gasteiger partial charge in [-0.2, -0.15) is 0 Å². The molecule has 1 unspecified atom stereocenters. The van der Waals surface area contributed by atoms with Gasteiger partial charge in [-0.15, -0.1) is 0 Å². The van der Waals surface area contributed by atoms with Crippen molar-refractivity contribution in [2.75, 3.05) is 0 Å². The maximum atomic E-state index is 10.4. The molecule has 0 saturated carbocycles. The molecule has 0 saturated heterocycles. The smallest absolute Gasteiger partial charge is 0.259 e. The molecule has 0 fully saturated rings. The Bertz CT molecular complexity index is 243. The lowest BCUT2D eigenvalue weighted by Crippen LogP contribution is -2.11. The van der Waals surface area contributed by atoms with Crippen LogP contribution >= 0.6 is 0 Å². The first kappa shape index (κ1) is 7.91. The van der Waals surface area contributed by atoms with Crippen molar-refractivity contribution in [3.8, 4) is 0 Å². The summed E-state index contributed by atoms with van der Waals surface area (Å²) in [5.74, 6) is 0.194. The second kappa shape index (κ2) is 2.82. The molecule has 1 heterocycles. The van der Waals surface area contributed by atoms with E-state index in [0.717, 1.165) is 0 Å². The van der Waals surface area contributed by atoms with E-state index in [1.165, 1.54) is 0 Å². The van der Waals surface area contributed by atoms with Crippen molar-refractivity contribution in [1.29, 1.82) is 0 Å². The third-order valence-corrected chi connectivity index (χ3v) is 1.68. The maximum Gasteiger partial charge on any atom is 0.267 e. The number of allylic oxidation sites excluding steroid dienone is 2. The molecule has 11 heavy (non-hydrogen) atoms. The van der Waals surface area contributed by atoms with Gasteiger partial charge in [0.2, 0.25) is 0 Å². The van der Waals surface area contributed by atoms with Crippen LogP contribution in [0.3, 0.4) is 0 Å². The summed E-state index contributed by atoms with van der Waals surface area (Å²) in [6, 6.07) is 0. The van der Waals surface area contributed by atoms with Gasteiger partial charge in [-0.05, 0) is 6.92 Å². The Morgan fingerprint density at radius 3 is 2.91 bits per heavy atom. The Hall–Kier alpha value is -1.19. The number of hydrogen-bond acceptors (Lipinski definition) is 3. The summed E-state index contributed by atoms with van der Waals surface area (Å²) in [6.07, 6.45) is 2.25. The van der Waals surface area contributed by atoms with Gasteiger partial charge < -0.3 is 0 Å². The van der Waals surface area contributed by atoms with Crippen LogP contribution in [-0.4, -0.2) is 11.1 Å². The monoisotopic (exact) mass is 154 g/mol. The van der Waals surface area contributed by atoms with Crippen molar-refractivity contribution in [3.63, 3.8) is 0 Å². The maximum absolute atomic E-state index is 10.4. The molecule has 0 aliphatic carbocycles. The van der Waals surface area contributed by atoms with Gasteiger partial charge in [-0.1, -0.05) is 6.92 Å². The molecule has 1 atom stereocenters.